The van der Waals surface area contributed by atoms with Gasteiger partial charge in [-0.25, -0.2) is 18.7 Å². The van der Waals surface area contributed by atoms with Crippen molar-refractivity contribution in [2.45, 2.75) is 11.8 Å². The minimum absolute atomic E-state index is 0.185. The van der Waals surface area contributed by atoms with Crippen LogP contribution in [0.15, 0.2) is 54.7 Å². The number of H-pyrrole nitrogens is 1. The molecule has 4 aromatic rings. The molecule has 3 heterocycles. The third-order valence-corrected chi connectivity index (χ3v) is 7.31. The molecule has 2 aromatic carbocycles. The van der Waals surface area contributed by atoms with Crippen molar-refractivity contribution < 1.29 is 8.78 Å². The number of aromatic nitrogens is 4. The monoisotopic (exact) mass is 456 g/mol. The van der Waals surface area contributed by atoms with Gasteiger partial charge in [0.2, 0.25) is 5.65 Å². The van der Waals surface area contributed by atoms with Crippen molar-refractivity contribution in [2.24, 2.45) is 17.6 Å². The first kappa shape index (κ1) is 20.8. The minimum Gasteiger partial charge on any atom is -0.355 e. The quantitative estimate of drug-likeness (QED) is 0.462. The number of benzene rings is 2. The predicted octanol–water partition coefficient (Wildman–Crippen LogP) is 3.38. The van der Waals surface area contributed by atoms with Gasteiger partial charge in [-0.1, -0.05) is 36.3 Å². The molecule has 0 unspecified atom stereocenters. The molecule has 6 nitrogen and oxygen atoms in total. The Labute approximate surface area is 195 Å². The van der Waals surface area contributed by atoms with Crippen LogP contribution in [0.1, 0.15) is 23.2 Å². The number of aromatic amines is 1. The van der Waals surface area contributed by atoms with E-state index in [0.717, 1.165) is 30.9 Å². The molecule has 0 bridgehead atoms. The molecule has 2 aliphatic rings. The van der Waals surface area contributed by atoms with Crippen molar-refractivity contribution in [3.05, 3.63) is 83.2 Å². The van der Waals surface area contributed by atoms with Crippen LogP contribution < -0.4 is 10.6 Å². The van der Waals surface area contributed by atoms with Crippen molar-refractivity contribution in [1.82, 2.24) is 20.2 Å². The van der Waals surface area contributed by atoms with Gasteiger partial charge in [0, 0.05) is 25.0 Å². The van der Waals surface area contributed by atoms with Crippen molar-refractivity contribution in [3.63, 3.8) is 0 Å². The van der Waals surface area contributed by atoms with Crippen LogP contribution in [0.4, 0.5) is 14.6 Å². The van der Waals surface area contributed by atoms with Crippen molar-refractivity contribution >= 4 is 17.0 Å². The minimum atomic E-state index is -0.375. The highest BCUT2D eigenvalue weighted by atomic mass is 19.1. The maximum absolute atomic E-state index is 14.6. The van der Waals surface area contributed by atoms with Gasteiger partial charge < -0.3 is 10.6 Å². The Hall–Kier alpha value is -3.83. The van der Waals surface area contributed by atoms with Crippen molar-refractivity contribution in [2.75, 3.05) is 24.5 Å². The summed E-state index contributed by atoms with van der Waals surface area (Å²) < 4.78 is 28.5. The second kappa shape index (κ2) is 7.89. The maximum atomic E-state index is 14.6. The number of rotatable bonds is 3. The van der Waals surface area contributed by atoms with E-state index in [9.17, 15) is 8.78 Å². The Morgan fingerprint density at radius 3 is 2.65 bits per heavy atom. The zero-order chi connectivity index (χ0) is 23.3. The zero-order valence-corrected chi connectivity index (χ0v) is 18.3. The number of anilines is 1. The van der Waals surface area contributed by atoms with Gasteiger partial charge in [-0.3, -0.25) is 5.10 Å². The maximum Gasteiger partial charge on any atom is 0.202 e. The van der Waals surface area contributed by atoms with Crippen LogP contribution in [0.2, 0.25) is 0 Å². The Kier molecular flexibility index (Phi) is 4.82. The van der Waals surface area contributed by atoms with Crippen LogP contribution in [-0.2, 0) is 5.41 Å². The fourth-order valence-corrected chi connectivity index (χ4v) is 5.55. The molecule has 170 valence electrons. The topological polar surface area (TPSA) is 83.7 Å². The Bertz CT molecular complexity index is 1450. The number of fused-ring (bicyclic) bond motifs is 2. The molecule has 8 heteroatoms. The van der Waals surface area contributed by atoms with Gasteiger partial charge in [0.05, 0.1) is 11.8 Å². The van der Waals surface area contributed by atoms with Gasteiger partial charge in [0.15, 0.2) is 0 Å². The largest absolute Gasteiger partial charge is 0.355 e. The smallest absolute Gasteiger partial charge is 0.202 e. The van der Waals surface area contributed by atoms with Gasteiger partial charge in [-0.15, -0.1) is 0 Å². The lowest BCUT2D eigenvalue weighted by atomic mass is 9.91. The lowest BCUT2D eigenvalue weighted by Crippen LogP contribution is -2.32. The fourth-order valence-electron chi connectivity index (χ4n) is 5.55. The molecule has 2 aromatic heterocycles. The molecule has 6 rings (SSSR count). The second-order valence-corrected chi connectivity index (χ2v) is 8.90. The van der Waals surface area contributed by atoms with Gasteiger partial charge in [-0.05, 0) is 47.9 Å². The number of nitrogens with one attached hydrogen (secondary N) is 1. The summed E-state index contributed by atoms with van der Waals surface area (Å²) in [5.74, 6) is 6.52. The molecule has 1 aliphatic heterocycles. The summed E-state index contributed by atoms with van der Waals surface area (Å²) in [6, 6.07) is 13.3. The summed E-state index contributed by atoms with van der Waals surface area (Å²) in [6.45, 7) is 1.95. The summed E-state index contributed by atoms with van der Waals surface area (Å²) in [4.78, 5) is 11.4. The van der Waals surface area contributed by atoms with E-state index in [2.05, 4.69) is 36.9 Å². The molecular weight excluding hydrogens is 434 g/mol. The van der Waals surface area contributed by atoms with E-state index < -0.39 is 0 Å². The van der Waals surface area contributed by atoms with Gasteiger partial charge in [0.25, 0.3) is 0 Å². The SMILES string of the molecule is NC[C@]1(c2ccccc2F)[C@@H]2CCN(c3cnc4c(C#Cc5ccccc5F)[nH]nc4n3)C[C@@H]21. The summed E-state index contributed by atoms with van der Waals surface area (Å²) in [7, 11) is 0. The second-order valence-electron chi connectivity index (χ2n) is 8.90. The number of hydrogen-bond acceptors (Lipinski definition) is 5. The number of nitrogens with two attached hydrogens (primary N) is 1. The van der Waals surface area contributed by atoms with Crippen LogP contribution in [0, 0.1) is 35.3 Å². The average molecular weight is 457 g/mol. The summed E-state index contributed by atoms with van der Waals surface area (Å²) in [5.41, 5.74) is 8.39. The number of piperidine rings is 1. The van der Waals surface area contributed by atoms with Gasteiger partial charge >= 0.3 is 0 Å². The van der Waals surface area contributed by atoms with Crippen LogP contribution >= 0.6 is 0 Å². The Balaban J connectivity index is 1.25. The predicted molar refractivity (Wildman–Crippen MR) is 125 cm³/mol. The highest BCUT2D eigenvalue weighted by molar-refractivity contribution is 5.77. The van der Waals surface area contributed by atoms with Crippen LogP contribution in [0.25, 0.3) is 11.2 Å². The molecule has 3 N–H and O–H groups in total. The molecule has 1 aliphatic carbocycles. The first-order valence-corrected chi connectivity index (χ1v) is 11.3. The number of halogens is 2. The average Bonchev–Trinajstić information content (AvgIpc) is 3.34. The number of hydrogen-bond donors (Lipinski definition) is 2. The number of nitrogens with zero attached hydrogens (tertiary/aromatic N) is 4. The molecular formula is C26H22F2N6. The van der Waals surface area contributed by atoms with E-state index in [0.29, 0.717) is 34.9 Å². The molecule has 0 radical (unpaired) electrons. The van der Waals surface area contributed by atoms with E-state index >= 15 is 0 Å². The first-order valence-electron chi connectivity index (χ1n) is 11.3. The fraction of sp³-hybridized carbons (Fsp3) is 0.269. The molecule has 1 saturated carbocycles. The molecule has 3 atom stereocenters. The van der Waals surface area contributed by atoms with Crippen LogP contribution in [-0.4, -0.2) is 39.8 Å². The van der Waals surface area contributed by atoms with E-state index in [4.69, 9.17) is 5.73 Å². The van der Waals surface area contributed by atoms with Crippen molar-refractivity contribution in [3.8, 4) is 11.8 Å². The zero-order valence-electron chi connectivity index (χ0n) is 18.3. The lowest BCUT2D eigenvalue weighted by molar-refractivity contribution is 0.533. The highest BCUT2D eigenvalue weighted by Gasteiger charge is 2.66. The highest BCUT2D eigenvalue weighted by Crippen LogP contribution is 2.63. The van der Waals surface area contributed by atoms with E-state index in [1.165, 1.54) is 12.1 Å². The van der Waals surface area contributed by atoms with Crippen molar-refractivity contribution in [1.29, 1.82) is 0 Å². The van der Waals surface area contributed by atoms with E-state index in [1.807, 2.05) is 12.1 Å². The summed E-state index contributed by atoms with van der Waals surface area (Å²) in [5, 5.41) is 7.10. The molecule has 34 heavy (non-hydrogen) atoms. The van der Waals surface area contributed by atoms with Gasteiger partial charge in [-0.2, -0.15) is 5.10 Å². The molecule has 1 saturated heterocycles. The molecule has 0 spiro atoms. The molecule has 0 amide bonds. The van der Waals surface area contributed by atoms with E-state index in [1.54, 1.807) is 30.5 Å². The Morgan fingerprint density at radius 2 is 1.85 bits per heavy atom. The summed E-state index contributed by atoms with van der Waals surface area (Å²) >= 11 is 0. The summed E-state index contributed by atoms with van der Waals surface area (Å²) in [6.07, 6.45) is 2.62. The third-order valence-electron chi connectivity index (χ3n) is 7.31. The van der Waals surface area contributed by atoms with Crippen LogP contribution in [0.5, 0.6) is 0 Å². The molecule has 2 fully saturated rings. The Morgan fingerprint density at radius 1 is 1.06 bits per heavy atom. The van der Waals surface area contributed by atoms with Gasteiger partial charge in [0.1, 0.15) is 28.7 Å². The standard InChI is InChI=1S/C26H22F2N6/c27-20-7-3-1-5-16(20)9-10-22-24-25(33-32-22)31-23(13-30-24)34-12-11-17-19(14-34)26(17,15-29)18-6-2-4-8-21(18)28/h1-8,13,17,19H,11-12,14-15,29H2,(H,31,32,33)/t17-,19+,26-/m1/s1. The lowest BCUT2D eigenvalue weighted by Gasteiger charge is -2.26. The van der Waals surface area contributed by atoms with E-state index in [-0.39, 0.29) is 23.0 Å². The first-order chi connectivity index (χ1) is 16.6. The third kappa shape index (κ3) is 3.16. The van der Waals surface area contributed by atoms with Crippen LogP contribution in [0.3, 0.4) is 0 Å². The normalized spacial score (nSPS) is 23.3.